The highest BCUT2D eigenvalue weighted by Gasteiger charge is 2.16. The summed E-state index contributed by atoms with van der Waals surface area (Å²) >= 11 is 6.22. The number of hydrogen-bond acceptors (Lipinski definition) is 1. The van der Waals surface area contributed by atoms with E-state index in [4.69, 9.17) is 11.6 Å². The van der Waals surface area contributed by atoms with Crippen LogP contribution in [0.25, 0.3) is 0 Å². The molecule has 0 saturated carbocycles. The van der Waals surface area contributed by atoms with Crippen LogP contribution < -0.4 is 5.32 Å². The third-order valence-electron chi connectivity index (χ3n) is 3.45. The Morgan fingerprint density at radius 2 is 1.94 bits per heavy atom. The molecule has 1 saturated heterocycles. The van der Waals surface area contributed by atoms with Crippen LogP contribution in [0.4, 0.5) is 0 Å². The Balaban J connectivity index is 2.24. The van der Waals surface area contributed by atoms with Crippen LogP contribution in [0.5, 0.6) is 0 Å². The van der Waals surface area contributed by atoms with Crippen LogP contribution >= 0.6 is 11.6 Å². The average Bonchev–Trinajstić information content (AvgIpc) is 2.30. The maximum atomic E-state index is 6.22. The lowest BCUT2D eigenvalue weighted by Crippen LogP contribution is -2.26. The third-order valence-corrected chi connectivity index (χ3v) is 3.80. The van der Waals surface area contributed by atoms with Crippen LogP contribution in [-0.4, -0.2) is 13.1 Å². The van der Waals surface area contributed by atoms with Crippen molar-refractivity contribution in [2.24, 2.45) is 0 Å². The zero-order chi connectivity index (χ0) is 11.5. The second-order valence-corrected chi connectivity index (χ2v) is 5.37. The van der Waals surface area contributed by atoms with E-state index in [1.165, 1.54) is 24.0 Å². The number of rotatable bonds is 2. The van der Waals surface area contributed by atoms with E-state index >= 15 is 0 Å². The molecular weight excluding hydrogens is 218 g/mol. The number of benzene rings is 1. The van der Waals surface area contributed by atoms with E-state index in [0.717, 1.165) is 24.0 Å². The van der Waals surface area contributed by atoms with Gasteiger partial charge in [0.2, 0.25) is 0 Å². The van der Waals surface area contributed by atoms with Gasteiger partial charge in [0.1, 0.15) is 0 Å². The molecule has 0 aliphatic carbocycles. The van der Waals surface area contributed by atoms with Crippen molar-refractivity contribution in [3.05, 3.63) is 34.3 Å². The lowest BCUT2D eigenvalue weighted by Gasteiger charge is -2.24. The molecule has 1 nitrogen and oxygen atoms in total. The molecule has 2 rings (SSSR count). The highest BCUT2D eigenvalue weighted by atomic mass is 35.5. The first-order valence-corrected chi connectivity index (χ1v) is 6.56. The molecule has 16 heavy (non-hydrogen) atoms. The van der Waals surface area contributed by atoms with Gasteiger partial charge in [0.25, 0.3) is 0 Å². The molecule has 1 aliphatic heterocycles. The van der Waals surface area contributed by atoms with Gasteiger partial charge >= 0.3 is 0 Å². The summed E-state index contributed by atoms with van der Waals surface area (Å²) in [5, 5.41) is 4.32. The van der Waals surface area contributed by atoms with Gasteiger partial charge in [0.15, 0.2) is 0 Å². The van der Waals surface area contributed by atoms with Crippen molar-refractivity contribution in [1.82, 2.24) is 5.32 Å². The van der Waals surface area contributed by atoms with Gasteiger partial charge in [-0.25, -0.2) is 0 Å². The maximum Gasteiger partial charge on any atom is 0.0440 e. The monoisotopic (exact) mass is 237 g/mol. The Morgan fingerprint density at radius 3 is 2.56 bits per heavy atom. The van der Waals surface area contributed by atoms with E-state index in [1.807, 2.05) is 0 Å². The van der Waals surface area contributed by atoms with Gasteiger partial charge in [-0.3, -0.25) is 0 Å². The summed E-state index contributed by atoms with van der Waals surface area (Å²) in [5.74, 6) is 1.23. The van der Waals surface area contributed by atoms with Crippen LogP contribution in [0.15, 0.2) is 18.2 Å². The fraction of sp³-hybridized carbons (Fsp3) is 0.571. The third kappa shape index (κ3) is 2.58. The topological polar surface area (TPSA) is 12.0 Å². The largest absolute Gasteiger partial charge is 0.317 e. The first-order chi connectivity index (χ1) is 7.68. The molecule has 0 radical (unpaired) electrons. The minimum absolute atomic E-state index is 0.508. The molecule has 0 spiro atoms. The molecule has 0 aromatic heterocycles. The Hall–Kier alpha value is -0.530. The highest BCUT2D eigenvalue weighted by molar-refractivity contribution is 6.31. The van der Waals surface area contributed by atoms with Gasteiger partial charge in [-0.05, 0) is 55.0 Å². The predicted molar refractivity (Wildman–Crippen MR) is 70.4 cm³/mol. The Morgan fingerprint density at radius 1 is 1.25 bits per heavy atom. The maximum absolute atomic E-state index is 6.22. The zero-order valence-corrected chi connectivity index (χ0v) is 10.8. The standard InChI is InChI=1S/C14H20ClN/c1-10(2)13-9-12(3-4-14(13)15)11-5-7-16-8-6-11/h3-4,9-11,16H,5-8H2,1-2H3. The van der Waals surface area contributed by atoms with Gasteiger partial charge in [0.05, 0.1) is 0 Å². The fourth-order valence-corrected chi connectivity index (χ4v) is 2.75. The molecule has 0 atom stereocenters. The summed E-state index contributed by atoms with van der Waals surface area (Å²) in [7, 11) is 0. The first-order valence-electron chi connectivity index (χ1n) is 6.18. The van der Waals surface area contributed by atoms with Crippen molar-refractivity contribution < 1.29 is 0 Å². The lowest BCUT2D eigenvalue weighted by molar-refractivity contribution is 0.460. The minimum atomic E-state index is 0.508. The summed E-state index contributed by atoms with van der Waals surface area (Å²) in [5.41, 5.74) is 2.76. The molecule has 1 fully saturated rings. The molecular formula is C14H20ClN. The Bertz CT molecular complexity index is 354. The normalized spacial score (nSPS) is 18.0. The number of halogens is 1. The van der Waals surface area contributed by atoms with Gasteiger partial charge in [-0.2, -0.15) is 0 Å². The minimum Gasteiger partial charge on any atom is -0.317 e. The van der Waals surface area contributed by atoms with E-state index in [-0.39, 0.29) is 0 Å². The summed E-state index contributed by atoms with van der Waals surface area (Å²) in [6, 6.07) is 6.57. The summed E-state index contributed by atoms with van der Waals surface area (Å²) in [6.45, 7) is 6.69. The van der Waals surface area contributed by atoms with Crippen molar-refractivity contribution >= 4 is 11.6 Å². The SMILES string of the molecule is CC(C)c1cc(C2CCNCC2)ccc1Cl. The van der Waals surface area contributed by atoms with Crippen LogP contribution in [0, 0.1) is 0 Å². The smallest absolute Gasteiger partial charge is 0.0440 e. The summed E-state index contributed by atoms with van der Waals surface area (Å²) in [4.78, 5) is 0. The van der Waals surface area contributed by atoms with Crippen molar-refractivity contribution in [3.8, 4) is 0 Å². The number of hydrogen-bond donors (Lipinski definition) is 1. The molecule has 88 valence electrons. The lowest BCUT2D eigenvalue weighted by atomic mass is 9.88. The van der Waals surface area contributed by atoms with Gasteiger partial charge in [-0.1, -0.05) is 37.6 Å². The molecule has 0 amide bonds. The molecule has 1 aromatic rings. The molecule has 1 N–H and O–H groups in total. The Labute approximate surface area is 103 Å². The predicted octanol–water partition coefficient (Wildman–Crippen LogP) is 3.93. The average molecular weight is 238 g/mol. The Kier molecular flexibility index (Phi) is 3.88. The van der Waals surface area contributed by atoms with Crippen LogP contribution in [0.2, 0.25) is 5.02 Å². The van der Waals surface area contributed by atoms with Crippen LogP contribution in [0.3, 0.4) is 0 Å². The fourth-order valence-electron chi connectivity index (χ4n) is 2.41. The van der Waals surface area contributed by atoms with E-state index in [0.29, 0.717) is 5.92 Å². The highest BCUT2D eigenvalue weighted by Crippen LogP contribution is 2.31. The molecule has 2 heteroatoms. The van der Waals surface area contributed by atoms with Crippen LogP contribution in [-0.2, 0) is 0 Å². The molecule has 0 bridgehead atoms. The van der Waals surface area contributed by atoms with E-state index < -0.39 is 0 Å². The number of nitrogens with one attached hydrogen (secondary N) is 1. The van der Waals surface area contributed by atoms with E-state index in [2.05, 4.69) is 37.4 Å². The zero-order valence-electron chi connectivity index (χ0n) is 10.1. The molecule has 1 heterocycles. The van der Waals surface area contributed by atoms with Gasteiger partial charge in [0, 0.05) is 5.02 Å². The summed E-state index contributed by atoms with van der Waals surface area (Å²) < 4.78 is 0. The van der Waals surface area contributed by atoms with Crippen molar-refractivity contribution in [2.75, 3.05) is 13.1 Å². The second kappa shape index (κ2) is 5.20. The van der Waals surface area contributed by atoms with Gasteiger partial charge in [-0.15, -0.1) is 0 Å². The molecule has 0 unspecified atom stereocenters. The van der Waals surface area contributed by atoms with Crippen molar-refractivity contribution in [2.45, 2.75) is 38.5 Å². The summed E-state index contributed by atoms with van der Waals surface area (Å²) in [6.07, 6.45) is 2.50. The van der Waals surface area contributed by atoms with Crippen molar-refractivity contribution in [3.63, 3.8) is 0 Å². The first kappa shape index (κ1) is 11.9. The quantitative estimate of drug-likeness (QED) is 0.822. The molecule has 1 aliphatic rings. The van der Waals surface area contributed by atoms with Crippen LogP contribution in [0.1, 0.15) is 49.7 Å². The van der Waals surface area contributed by atoms with E-state index in [9.17, 15) is 0 Å². The van der Waals surface area contributed by atoms with Gasteiger partial charge < -0.3 is 5.32 Å². The molecule has 1 aromatic carbocycles. The van der Waals surface area contributed by atoms with E-state index in [1.54, 1.807) is 0 Å². The number of piperidine rings is 1. The second-order valence-electron chi connectivity index (χ2n) is 4.96. The van der Waals surface area contributed by atoms with Crippen molar-refractivity contribution in [1.29, 1.82) is 0 Å².